The number of hydrogen-bond donors (Lipinski definition) is 8. The van der Waals surface area contributed by atoms with E-state index in [2.05, 4.69) is 60.1 Å². The van der Waals surface area contributed by atoms with Gasteiger partial charge in [-0.05, 0) is 37.5 Å². The lowest BCUT2D eigenvalue weighted by atomic mass is 9.98. The first kappa shape index (κ1) is 39.6. The number of carbonyl (C=O) groups excluding carboxylic acids is 6. The predicted molar refractivity (Wildman–Crippen MR) is 179 cm³/mol. The van der Waals surface area contributed by atoms with Gasteiger partial charge in [0.05, 0.1) is 6.04 Å². The van der Waals surface area contributed by atoms with Crippen molar-refractivity contribution in [3.8, 4) is 0 Å². The van der Waals surface area contributed by atoms with Crippen LogP contribution in [0.15, 0.2) is 5.10 Å². The van der Waals surface area contributed by atoms with Gasteiger partial charge in [-0.15, -0.1) is 10.6 Å². The van der Waals surface area contributed by atoms with Crippen LogP contribution in [0.1, 0.15) is 79.6 Å². The lowest BCUT2D eigenvalue weighted by molar-refractivity contribution is -0.145. The van der Waals surface area contributed by atoms with E-state index in [1.807, 2.05) is 5.32 Å². The Morgan fingerprint density at radius 1 is 1.00 bits per heavy atom. The molecule has 0 bridgehead atoms. The van der Waals surface area contributed by atoms with Gasteiger partial charge in [0, 0.05) is 23.3 Å². The lowest BCUT2D eigenvalue weighted by Gasteiger charge is -2.32. The molecule has 2 heterocycles. The molecule has 0 spiro atoms. The Balaban J connectivity index is 2.08. The Morgan fingerprint density at radius 2 is 1.68 bits per heavy atom. The number of nitrogens with zero attached hydrogens (tertiary/aromatic N) is 2. The number of likely N-dealkylation sites (tertiary alicyclic amines) is 1. The summed E-state index contributed by atoms with van der Waals surface area (Å²) in [7, 11) is 0. The molecule has 1 fully saturated rings. The van der Waals surface area contributed by atoms with Gasteiger partial charge >= 0.3 is 5.97 Å². The maximum Gasteiger partial charge on any atom is 0.322 e. The molecule has 5 atom stereocenters. The Labute approximate surface area is 288 Å². The first-order valence-corrected chi connectivity index (χ1v) is 17.1. The zero-order chi connectivity index (χ0) is 35.3. The standard InChI is InChI=1S/C29H48IN9O8/c1-6-9-18(25(43)28(46)31-13-22(41)42)32-26(44)19-12-17(30)14-39(19)29(47)24(16(4)5)34-27(45)23(15(2)3)33-21(40)11-8-7-10-20-35-37-38-36-20/h15-19,23-24,37-38H,6-14H2,1-5H3,(H,31,46)(H,32,44)(H,33,40)(H,34,45)(H,35,36)(H,41,42)/t17?,18?,19-,23-,24-/m0/s1. The third-order valence-corrected chi connectivity index (χ3v) is 8.59. The van der Waals surface area contributed by atoms with Gasteiger partial charge in [-0.3, -0.25) is 39.0 Å². The van der Waals surface area contributed by atoms with Crippen molar-refractivity contribution < 1.29 is 38.7 Å². The van der Waals surface area contributed by atoms with Crippen LogP contribution in [0.5, 0.6) is 0 Å². The van der Waals surface area contributed by atoms with Gasteiger partial charge in [-0.1, -0.05) is 63.6 Å². The number of rotatable bonds is 19. The van der Waals surface area contributed by atoms with Crippen molar-refractivity contribution in [1.82, 2.24) is 42.7 Å². The quantitative estimate of drug-likeness (QED) is 0.0350. The van der Waals surface area contributed by atoms with Gasteiger partial charge in [0.25, 0.3) is 5.91 Å². The average Bonchev–Trinajstić information content (AvgIpc) is 3.67. The van der Waals surface area contributed by atoms with E-state index in [1.165, 1.54) is 4.90 Å². The fourth-order valence-electron chi connectivity index (χ4n) is 5.14. The number of amidine groups is 1. The zero-order valence-corrected chi connectivity index (χ0v) is 29.6. The van der Waals surface area contributed by atoms with E-state index in [0.29, 0.717) is 25.7 Å². The number of nitrogens with one attached hydrogen (secondary N) is 7. The Bertz CT molecular complexity index is 1200. The smallest absolute Gasteiger partial charge is 0.322 e. The molecule has 264 valence electrons. The van der Waals surface area contributed by atoms with Crippen molar-refractivity contribution in [3.63, 3.8) is 0 Å². The highest BCUT2D eigenvalue weighted by atomic mass is 127. The highest BCUT2D eigenvalue weighted by molar-refractivity contribution is 14.1. The molecule has 8 N–H and O–H groups in total. The second-order valence-corrected chi connectivity index (χ2v) is 14.0. The summed E-state index contributed by atoms with van der Waals surface area (Å²) in [5.74, 6) is -5.25. The van der Waals surface area contributed by atoms with E-state index in [1.54, 1.807) is 34.6 Å². The number of alkyl halides is 1. The van der Waals surface area contributed by atoms with Crippen LogP contribution in [-0.4, -0.2) is 98.3 Å². The van der Waals surface area contributed by atoms with Crippen molar-refractivity contribution in [1.29, 1.82) is 0 Å². The van der Waals surface area contributed by atoms with E-state index in [9.17, 15) is 33.6 Å². The first-order chi connectivity index (χ1) is 22.2. The number of aliphatic carboxylic acids is 1. The monoisotopic (exact) mass is 777 g/mol. The number of hydrazine groups is 2. The molecule has 2 aliphatic heterocycles. The predicted octanol–water partition coefficient (Wildman–Crippen LogP) is -0.786. The lowest BCUT2D eigenvalue weighted by Crippen LogP contribution is -2.59. The second-order valence-electron chi connectivity index (χ2n) is 12.3. The second kappa shape index (κ2) is 19.3. The SMILES string of the molecule is CCCC(NC(=O)[C@@H]1CC(I)CN1C(=O)[C@@H](NC(=O)[C@@H](NC(=O)CCCCC1=NNNN1)C(C)C)C(C)C)C(=O)C(=O)NCC(=O)O. The molecule has 47 heavy (non-hydrogen) atoms. The summed E-state index contributed by atoms with van der Waals surface area (Å²) in [5, 5.41) is 23.0. The minimum absolute atomic E-state index is 0.0956. The summed E-state index contributed by atoms with van der Waals surface area (Å²) >= 11 is 2.13. The third kappa shape index (κ3) is 12.5. The maximum absolute atomic E-state index is 13.9. The third-order valence-electron chi connectivity index (χ3n) is 7.69. The van der Waals surface area contributed by atoms with Gasteiger partial charge in [0.2, 0.25) is 29.4 Å². The van der Waals surface area contributed by atoms with Crippen molar-refractivity contribution in [2.45, 2.75) is 108 Å². The van der Waals surface area contributed by atoms with Gasteiger partial charge < -0.3 is 31.3 Å². The molecule has 0 aromatic carbocycles. The number of halogens is 1. The summed E-state index contributed by atoms with van der Waals surface area (Å²) in [4.78, 5) is 90.7. The number of ketones is 1. The van der Waals surface area contributed by atoms with Crippen molar-refractivity contribution >= 4 is 69.7 Å². The first-order valence-electron chi connectivity index (χ1n) is 15.9. The van der Waals surface area contributed by atoms with E-state index in [4.69, 9.17) is 5.11 Å². The normalized spacial score (nSPS) is 19.1. The molecule has 1 saturated heterocycles. The van der Waals surface area contributed by atoms with Crippen LogP contribution in [-0.2, 0) is 33.6 Å². The van der Waals surface area contributed by atoms with Crippen LogP contribution in [0.4, 0.5) is 0 Å². The Kier molecular flexibility index (Phi) is 16.3. The highest BCUT2D eigenvalue weighted by Crippen LogP contribution is 2.26. The van der Waals surface area contributed by atoms with Crippen molar-refractivity contribution in [3.05, 3.63) is 0 Å². The molecule has 2 rings (SSSR count). The molecule has 0 aliphatic carbocycles. The number of Topliss-reactive ketones (excluding diaryl/α,β-unsaturated/α-hetero) is 1. The van der Waals surface area contributed by atoms with Crippen molar-refractivity contribution in [2.75, 3.05) is 13.1 Å². The van der Waals surface area contributed by atoms with Gasteiger partial charge in [-0.2, -0.15) is 0 Å². The number of unbranched alkanes of at least 4 members (excludes halogenated alkanes) is 1. The molecule has 17 nitrogen and oxygen atoms in total. The molecule has 2 unspecified atom stereocenters. The largest absolute Gasteiger partial charge is 0.480 e. The van der Waals surface area contributed by atoms with Crippen LogP contribution in [0.25, 0.3) is 0 Å². The van der Waals surface area contributed by atoms with E-state index >= 15 is 0 Å². The molecule has 2 aliphatic rings. The highest BCUT2D eigenvalue weighted by Gasteiger charge is 2.43. The summed E-state index contributed by atoms with van der Waals surface area (Å²) < 4.78 is -0.0956. The molecular weight excluding hydrogens is 729 g/mol. The average molecular weight is 778 g/mol. The molecule has 18 heteroatoms. The van der Waals surface area contributed by atoms with E-state index < -0.39 is 66.1 Å². The molecule has 0 aromatic rings. The summed E-state index contributed by atoms with van der Waals surface area (Å²) in [6.07, 6.45) is 3.01. The van der Waals surface area contributed by atoms with Crippen LogP contribution in [0, 0.1) is 11.8 Å². The number of carbonyl (C=O) groups is 7. The van der Waals surface area contributed by atoms with Crippen LogP contribution in [0.3, 0.4) is 0 Å². The molecule has 5 amide bonds. The van der Waals surface area contributed by atoms with Crippen LogP contribution in [0.2, 0.25) is 0 Å². The summed E-state index contributed by atoms with van der Waals surface area (Å²) in [5.41, 5.74) is 8.06. The maximum atomic E-state index is 13.9. The number of carboxylic acid groups (broad SMARTS) is 1. The van der Waals surface area contributed by atoms with E-state index in [0.717, 1.165) is 5.84 Å². The number of hydrogen-bond acceptors (Lipinski definition) is 11. The van der Waals surface area contributed by atoms with Gasteiger partial charge in [0.1, 0.15) is 30.5 Å². The fraction of sp³-hybridized carbons (Fsp3) is 0.724. The summed E-state index contributed by atoms with van der Waals surface area (Å²) in [6, 6.07) is -4.07. The van der Waals surface area contributed by atoms with Crippen LogP contribution < -0.4 is 37.8 Å². The Hall–Kier alpha value is -3.55. The Morgan fingerprint density at radius 3 is 2.26 bits per heavy atom. The number of hydrazone groups is 1. The van der Waals surface area contributed by atoms with Crippen LogP contribution >= 0.6 is 22.6 Å². The molecule has 0 radical (unpaired) electrons. The zero-order valence-electron chi connectivity index (χ0n) is 27.5. The number of carboxylic acids is 1. The van der Waals surface area contributed by atoms with Gasteiger partial charge in [-0.25, -0.2) is 5.53 Å². The molecule has 0 aromatic heterocycles. The topological polar surface area (TPSA) is 240 Å². The molecular formula is C29H48IN9O8. The van der Waals surface area contributed by atoms with E-state index in [-0.39, 0.29) is 47.5 Å². The fourth-order valence-corrected chi connectivity index (χ4v) is 6.05. The number of amides is 5. The summed E-state index contributed by atoms with van der Waals surface area (Å²) in [6.45, 7) is 8.35. The minimum Gasteiger partial charge on any atom is -0.480 e. The van der Waals surface area contributed by atoms with Gasteiger partial charge in [0.15, 0.2) is 0 Å². The molecule has 0 saturated carbocycles. The van der Waals surface area contributed by atoms with Crippen molar-refractivity contribution in [2.24, 2.45) is 16.9 Å². The minimum atomic E-state index is -1.32.